The highest BCUT2D eigenvalue weighted by Gasteiger charge is 2.31. The number of ether oxygens (including phenoxy) is 2. The highest BCUT2D eigenvalue weighted by atomic mass is 19.4. The van der Waals surface area contributed by atoms with Crippen LogP contribution in [-0.4, -0.2) is 35.5 Å². The number of carbonyl (C=O) groups is 3. The minimum atomic E-state index is -4.85. The van der Waals surface area contributed by atoms with Crippen molar-refractivity contribution in [3.63, 3.8) is 0 Å². The largest absolute Gasteiger partial charge is 0.573 e. The molecule has 0 aliphatic carbocycles. The molecule has 0 radical (unpaired) electrons. The predicted molar refractivity (Wildman–Crippen MR) is 102 cm³/mol. The van der Waals surface area contributed by atoms with E-state index in [0.29, 0.717) is 5.56 Å². The molecule has 2 aromatic rings. The van der Waals surface area contributed by atoms with E-state index >= 15 is 0 Å². The van der Waals surface area contributed by atoms with Crippen LogP contribution >= 0.6 is 0 Å². The summed E-state index contributed by atoms with van der Waals surface area (Å²) in [6.45, 7) is -0.0549. The molecule has 0 fully saturated rings. The van der Waals surface area contributed by atoms with Gasteiger partial charge in [0.05, 0.1) is 0 Å². The van der Waals surface area contributed by atoms with E-state index in [1.54, 1.807) is 30.3 Å². The van der Waals surface area contributed by atoms with Gasteiger partial charge in [0, 0.05) is 12.1 Å². The maximum absolute atomic E-state index is 12.5. The van der Waals surface area contributed by atoms with Crippen molar-refractivity contribution < 1.29 is 42.1 Å². The van der Waals surface area contributed by atoms with Gasteiger partial charge in [-0.3, -0.25) is 9.59 Å². The summed E-state index contributed by atoms with van der Waals surface area (Å²) in [5.41, 5.74) is 0.838. The molecule has 1 atom stereocenters. The Morgan fingerprint density at radius 3 is 2.23 bits per heavy atom. The maximum atomic E-state index is 12.5. The summed E-state index contributed by atoms with van der Waals surface area (Å²) in [4.78, 5) is 35.3. The number of alkyl halides is 3. The number of carboxylic acid groups (broad SMARTS) is 1. The molecule has 0 aromatic heterocycles. The van der Waals surface area contributed by atoms with Gasteiger partial charge in [-0.1, -0.05) is 30.3 Å². The number of alkyl carbamates (subject to hydrolysis) is 1. The second-order valence-electron chi connectivity index (χ2n) is 6.25. The van der Waals surface area contributed by atoms with Crippen LogP contribution in [0.5, 0.6) is 5.75 Å². The van der Waals surface area contributed by atoms with E-state index < -0.39 is 42.5 Å². The Hall–Kier alpha value is -3.76. The lowest BCUT2D eigenvalue weighted by atomic mass is 10.1. The standard InChI is InChI=1S/C20H19F3N2O6/c21-20(22,23)31-15-8-6-14(7-9-15)24-18(28)16(10-11-17(26)27)25-19(29)30-12-13-4-2-1-3-5-13/h1-9,16H,10-12H2,(H,24,28)(H,25,29)(H,26,27). The van der Waals surface area contributed by atoms with E-state index in [0.717, 1.165) is 12.1 Å². The first-order valence-corrected chi connectivity index (χ1v) is 8.98. The van der Waals surface area contributed by atoms with Gasteiger partial charge in [0.15, 0.2) is 0 Å². The SMILES string of the molecule is O=C(O)CCC(NC(=O)OCc1ccccc1)C(=O)Nc1ccc(OC(F)(F)F)cc1. The van der Waals surface area contributed by atoms with Gasteiger partial charge in [-0.15, -0.1) is 13.2 Å². The number of benzene rings is 2. The van der Waals surface area contributed by atoms with Crippen molar-refractivity contribution in [1.29, 1.82) is 0 Å². The number of carboxylic acids is 1. The number of nitrogens with one attached hydrogen (secondary N) is 2. The molecule has 0 bridgehead atoms. The molecule has 8 nitrogen and oxygen atoms in total. The minimum Gasteiger partial charge on any atom is -0.481 e. The second kappa shape index (κ2) is 10.9. The van der Waals surface area contributed by atoms with Crippen molar-refractivity contribution in [2.24, 2.45) is 0 Å². The third-order valence-electron chi connectivity index (χ3n) is 3.82. The third-order valence-corrected chi connectivity index (χ3v) is 3.82. The lowest BCUT2D eigenvalue weighted by Crippen LogP contribution is -2.44. The molecular formula is C20H19F3N2O6. The summed E-state index contributed by atoms with van der Waals surface area (Å²) < 4.78 is 45.4. The molecular weight excluding hydrogens is 421 g/mol. The van der Waals surface area contributed by atoms with Crippen LogP contribution in [0.2, 0.25) is 0 Å². The average molecular weight is 440 g/mol. The van der Waals surface area contributed by atoms with E-state index in [1.807, 2.05) is 0 Å². The van der Waals surface area contributed by atoms with Gasteiger partial charge in [-0.2, -0.15) is 0 Å². The third kappa shape index (κ3) is 9.07. The summed E-state index contributed by atoms with van der Waals surface area (Å²) >= 11 is 0. The molecule has 0 saturated carbocycles. The second-order valence-corrected chi connectivity index (χ2v) is 6.25. The molecule has 0 spiro atoms. The topological polar surface area (TPSA) is 114 Å². The van der Waals surface area contributed by atoms with Gasteiger partial charge in [0.1, 0.15) is 18.4 Å². The zero-order valence-corrected chi connectivity index (χ0v) is 16.0. The molecule has 11 heteroatoms. The van der Waals surface area contributed by atoms with Gasteiger partial charge in [0.2, 0.25) is 5.91 Å². The number of anilines is 1. The van der Waals surface area contributed by atoms with Crippen molar-refractivity contribution in [1.82, 2.24) is 5.32 Å². The van der Waals surface area contributed by atoms with Crippen LogP contribution in [0.3, 0.4) is 0 Å². The zero-order valence-electron chi connectivity index (χ0n) is 16.0. The Labute approximate surface area is 175 Å². The minimum absolute atomic E-state index is 0.0549. The fraction of sp³-hybridized carbons (Fsp3) is 0.250. The molecule has 0 saturated heterocycles. The molecule has 31 heavy (non-hydrogen) atoms. The van der Waals surface area contributed by atoms with E-state index in [4.69, 9.17) is 9.84 Å². The quantitative estimate of drug-likeness (QED) is 0.548. The highest BCUT2D eigenvalue weighted by Crippen LogP contribution is 2.24. The normalized spacial score (nSPS) is 11.8. The summed E-state index contributed by atoms with van der Waals surface area (Å²) in [5.74, 6) is -2.41. The van der Waals surface area contributed by atoms with Crippen LogP contribution in [-0.2, 0) is 20.9 Å². The van der Waals surface area contributed by atoms with Crippen LogP contribution in [0.25, 0.3) is 0 Å². The van der Waals surface area contributed by atoms with Gasteiger partial charge >= 0.3 is 18.4 Å². The number of rotatable bonds is 9. The number of hydrogen-bond donors (Lipinski definition) is 3. The highest BCUT2D eigenvalue weighted by molar-refractivity contribution is 5.96. The summed E-state index contributed by atoms with van der Waals surface area (Å²) in [5, 5.41) is 13.6. The number of hydrogen-bond acceptors (Lipinski definition) is 5. The fourth-order valence-corrected chi connectivity index (χ4v) is 2.41. The lowest BCUT2D eigenvalue weighted by molar-refractivity contribution is -0.274. The zero-order chi connectivity index (χ0) is 22.9. The molecule has 2 amide bonds. The molecule has 1 unspecified atom stereocenters. The summed E-state index contributed by atoms with van der Waals surface area (Å²) in [6, 6.07) is 11.8. The first-order chi connectivity index (χ1) is 14.6. The van der Waals surface area contributed by atoms with Gasteiger partial charge in [-0.25, -0.2) is 4.79 Å². The molecule has 2 rings (SSSR count). The van der Waals surface area contributed by atoms with Crippen LogP contribution in [0.1, 0.15) is 18.4 Å². The lowest BCUT2D eigenvalue weighted by Gasteiger charge is -2.18. The number of amides is 2. The first kappa shape index (κ1) is 23.5. The van der Waals surface area contributed by atoms with E-state index in [-0.39, 0.29) is 18.7 Å². The Kier molecular flexibility index (Phi) is 8.24. The number of halogens is 3. The molecule has 166 valence electrons. The van der Waals surface area contributed by atoms with Crippen LogP contribution < -0.4 is 15.4 Å². The van der Waals surface area contributed by atoms with Gasteiger partial charge in [-0.05, 0) is 36.2 Å². The number of carbonyl (C=O) groups excluding carboxylic acids is 2. The smallest absolute Gasteiger partial charge is 0.481 e. The van der Waals surface area contributed by atoms with Gasteiger partial charge < -0.3 is 25.2 Å². The van der Waals surface area contributed by atoms with Crippen molar-refractivity contribution in [3.8, 4) is 5.75 Å². The van der Waals surface area contributed by atoms with E-state index in [1.165, 1.54) is 12.1 Å². The van der Waals surface area contributed by atoms with Crippen molar-refractivity contribution in [2.75, 3.05) is 5.32 Å². The Balaban J connectivity index is 1.96. The molecule has 0 aliphatic rings. The first-order valence-electron chi connectivity index (χ1n) is 8.98. The molecule has 0 heterocycles. The Morgan fingerprint density at radius 1 is 1.00 bits per heavy atom. The van der Waals surface area contributed by atoms with Crippen molar-refractivity contribution >= 4 is 23.7 Å². The van der Waals surface area contributed by atoms with Crippen LogP contribution in [0.15, 0.2) is 54.6 Å². The van der Waals surface area contributed by atoms with E-state index in [2.05, 4.69) is 15.4 Å². The fourth-order valence-electron chi connectivity index (χ4n) is 2.41. The van der Waals surface area contributed by atoms with Gasteiger partial charge in [0.25, 0.3) is 0 Å². The Bertz CT molecular complexity index is 888. The van der Waals surface area contributed by atoms with Crippen LogP contribution in [0, 0.1) is 0 Å². The monoisotopic (exact) mass is 440 g/mol. The molecule has 0 aliphatic heterocycles. The predicted octanol–water partition coefficient (Wildman–Crippen LogP) is 3.68. The van der Waals surface area contributed by atoms with Crippen LogP contribution in [0.4, 0.5) is 23.7 Å². The summed E-state index contributed by atoms with van der Waals surface area (Å²) in [6.07, 6.45) is -6.41. The Morgan fingerprint density at radius 2 is 1.65 bits per heavy atom. The number of aliphatic carboxylic acids is 1. The van der Waals surface area contributed by atoms with Crippen molar-refractivity contribution in [2.45, 2.75) is 31.9 Å². The maximum Gasteiger partial charge on any atom is 0.573 e. The van der Waals surface area contributed by atoms with Crippen molar-refractivity contribution in [3.05, 3.63) is 60.2 Å². The van der Waals surface area contributed by atoms with E-state index in [9.17, 15) is 27.6 Å². The average Bonchev–Trinajstić information content (AvgIpc) is 2.70. The summed E-state index contributed by atoms with van der Waals surface area (Å²) in [7, 11) is 0. The molecule has 3 N–H and O–H groups in total. The molecule has 2 aromatic carbocycles.